The van der Waals surface area contributed by atoms with Gasteiger partial charge >= 0.3 is 0 Å². The predicted octanol–water partition coefficient (Wildman–Crippen LogP) is -1.34. The van der Waals surface area contributed by atoms with Gasteiger partial charge < -0.3 is 15.7 Å². The number of carbonyl (C=O) groups is 2. The number of piperidine rings is 1. The van der Waals surface area contributed by atoms with E-state index in [2.05, 4.69) is 10.6 Å². The molecule has 80 valence electrons. The lowest BCUT2D eigenvalue weighted by atomic mass is 9.94. The molecule has 1 amide bonds. The van der Waals surface area contributed by atoms with Crippen LogP contribution in [0, 0.1) is 5.92 Å². The van der Waals surface area contributed by atoms with Crippen LogP contribution in [0.1, 0.15) is 12.8 Å². The van der Waals surface area contributed by atoms with E-state index in [0.29, 0.717) is 19.5 Å². The molecular weight excluding hydrogens is 184 g/mol. The van der Waals surface area contributed by atoms with Crippen molar-refractivity contribution in [1.29, 1.82) is 0 Å². The maximum absolute atomic E-state index is 11.3. The zero-order valence-electron chi connectivity index (χ0n) is 8.08. The minimum absolute atomic E-state index is 0.0669. The van der Waals surface area contributed by atoms with Crippen LogP contribution in [-0.4, -0.2) is 43.0 Å². The van der Waals surface area contributed by atoms with Crippen molar-refractivity contribution in [2.45, 2.75) is 12.8 Å². The molecule has 0 aromatic heterocycles. The van der Waals surface area contributed by atoms with Crippen molar-refractivity contribution in [1.82, 2.24) is 10.6 Å². The van der Waals surface area contributed by atoms with E-state index in [1.807, 2.05) is 0 Å². The van der Waals surface area contributed by atoms with Gasteiger partial charge in [0, 0.05) is 38.4 Å². The molecule has 1 aliphatic heterocycles. The van der Waals surface area contributed by atoms with Crippen LogP contribution < -0.4 is 10.6 Å². The monoisotopic (exact) mass is 200 g/mol. The molecule has 1 rings (SSSR count). The number of hydrogen-bond donors (Lipinski definition) is 3. The first-order valence-corrected chi connectivity index (χ1v) is 4.85. The summed E-state index contributed by atoms with van der Waals surface area (Å²) < 4.78 is 0. The van der Waals surface area contributed by atoms with Crippen molar-refractivity contribution in [3.8, 4) is 0 Å². The molecule has 14 heavy (non-hydrogen) atoms. The van der Waals surface area contributed by atoms with E-state index < -0.39 is 0 Å². The summed E-state index contributed by atoms with van der Waals surface area (Å²) >= 11 is 0. The van der Waals surface area contributed by atoms with Crippen LogP contribution in [-0.2, 0) is 9.59 Å². The van der Waals surface area contributed by atoms with Gasteiger partial charge in [0.15, 0.2) is 0 Å². The van der Waals surface area contributed by atoms with Gasteiger partial charge in [-0.3, -0.25) is 9.59 Å². The summed E-state index contributed by atoms with van der Waals surface area (Å²) in [4.78, 5) is 22.5. The Kier molecular flexibility index (Phi) is 4.55. The van der Waals surface area contributed by atoms with Crippen LogP contribution in [0.3, 0.4) is 0 Å². The molecule has 0 aliphatic carbocycles. The third-order valence-electron chi connectivity index (χ3n) is 2.26. The van der Waals surface area contributed by atoms with Gasteiger partial charge in [-0.05, 0) is 0 Å². The topological polar surface area (TPSA) is 78.4 Å². The first-order valence-electron chi connectivity index (χ1n) is 4.85. The van der Waals surface area contributed by atoms with Gasteiger partial charge in [0.05, 0.1) is 6.61 Å². The van der Waals surface area contributed by atoms with Gasteiger partial charge in [0.1, 0.15) is 5.78 Å². The average molecular weight is 200 g/mol. The lowest BCUT2D eigenvalue weighted by molar-refractivity contribution is -0.129. The number of amides is 1. The van der Waals surface area contributed by atoms with E-state index in [0.717, 1.165) is 0 Å². The zero-order valence-corrected chi connectivity index (χ0v) is 8.08. The number of aliphatic hydroxyl groups excluding tert-OH is 1. The van der Waals surface area contributed by atoms with Crippen LogP contribution in [0.5, 0.6) is 0 Å². The Morgan fingerprint density at radius 1 is 1.64 bits per heavy atom. The number of aliphatic hydroxyl groups is 1. The molecule has 0 saturated carbocycles. The summed E-state index contributed by atoms with van der Waals surface area (Å²) in [6, 6.07) is 0. The molecule has 1 aliphatic rings. The molecule has 0 spiro atoms. The minimum atomic E-state index is -0.192. The average Bonchev–Trinajstić information content (AvgIpc) is 2.18. The number of hydrogen-bond acceptors (Lipinski definition) is 4. The summed E-state index contributed by atoms with van der Waals surface area (Å²) in [6.45, 7) is 1.49. The number of carbonyl (C=O) groups excluding carboxylic acids is 2. The van der Waals surface area contributed by atoms with Crippen molar-refractivity contribution in [3.63, 3.8) is 0 Å². The highest BCUT2D eigenvalue weighted by Gasteiger charge is 2.23. The van der Waals surface area contributed by atoms with E-state index in [9.17, 15) is 9.59 Å². The summed E-state index contributed by atoms with van der Waals surface area (Å²) in [7, 11) is 0. The standard InChI is InChI=1S/C9H16N2O3/c12-4-3-11-9(14)5-7-6-10-2-1-8(7)13/h7,10,12H,1-6H2,(H,11,14). The van der Waals surface area contributed by atoms with Gasteiger partial charge in [-0.2, -0.15) is 0 Å². The Bertz CT molecular complexity index is 218. The molecule has 0 aromatic rings. The Hall–Kier alpha value is -0.940. The van der Waals surface area contributed by atoms with Gasteiger partial charge in [-0.25, -0.2) is 0 Å². The Balaban J connectivity index is 2.27. The number of nitrogens with one attached hydrogen (secondary N) is 2. The largest absolute Gasteiger partial charge is 0.395 e. The van der Waals surface area contributed by atoms with Gasteiger partial charge in [-0.15, -0.1) is 0 Å². The third kappa shape index (κ3) is 3.43. The molecule has 5 heteroatoms. The molecule has 1 saturated heterocycles. The maximum Gasteiger partial charge on any atom is 0.220 e. The molecule has 3 N–H and O–H groups in total. The van der Waals surface area contributed by atoms with Crippen LogP contribution in [0.4, 0.5) is 0 Å². The van der Waals surface area contributed by atoms with Crippen molar-refractivity contribution < 1.29 is 14.7 Å². The second-order valence-electron chi connectivity index (χ2n) is 3.40. The van der Waals surface area contributed by atoms with E-state index in [4.69, 9.17) is 5.11 Å². The first kappa shape index (κ1) is 11.1. The number of ketones is 1. The maximum atomic E-state index is 11.3. The zero-order chi connectivity index (χ0) is 10.4. The third-order valence-corrected chi connectivity index (χ3v) is 2.26. The van der Waals surface area contributed by atoms with Crippen LogP contribution in [0.25, 0.3) is 0 Å². The van der Waals surface area contributed by atoms with E-state index in [-0.39, 0.29) is 37.2 Å². The molecule has 1 fully saturated rings. The number of Topliss-reactive ketones (excluding diaryl/α,β-unsaturated/α-hetero) is 1. The summed E-state index contributed by atoms with van der Waals surface area (Å²) in [5.74, 6) is -0.202. The molecule has 5 nitrogen and oxygen atoms in total. The van der Waals surface area contributed by atoms with Crippen molar-refractivity contribution in [2.24, 2.45) is 5.92 Å². The minimum Gasteiger partial charge on any atom is -0.395 e. The molecule has 0 radical (unpaired) electrons. The molecule has 1 unspecified atom stereocenters. The molecule has 1 atom stereocenters. The summed E-state index contributed by atoms with van der Waals surface area (Å²) in [5, 5.41) is 14.1. The SMILES string of the molecule is O=C(CC1CNCCC1=O)NCCO. The lowest BCUT2D eigenvalue weighted by Crippen LogP contribution is -2.40. The fraction of sp³-hybridized carbons (Fsp3) is 0.778. The van der Waals surface area contributed by atoms with Gasteiger partial charge in [0.25, 0.3) is 0 Å². The highest BCUT2D eigenvalue weighted by molar-refractivity contribution is 5.87. The molecule has 0 aromatic carbocycles. The number of rotatable bonds is 4. The van der Waals surface area contributed by atoms with Crippen molar-refractivity contribution in [3.05, 3.63) is 0 Å². The normalized spacial score (nSPS) is 22.1. The van der Waals surface area contributed by atoms with Gasteiger partial charge in [0.2, 0.25) is 5.91 Å². The Morgan fingerprint density at radius 2 is 2.43 bits per heavy atom. The van der Waals surface area contributed by atoms with Crippen LogP contribution in [0.15, 0.2) is 0 Å². The molecular formula is C9H16N2O3. The highest BCUT2D eigenvalue weighted by atomic mass is 16.3. The van der Waals surface area contributed by atoms with Crippen molar-refractivity contribution in [2.75, 3.05) is 26.2 Å². The van der Waals surface area contributed by atoms with Crippen LogP contribution >= 0.6 is 0 Å². The predicted molar refractivity (Wildman–Crippen MR) is 50.7 cm³/mol. The summed E-state index contributed by atoms with van der Waals surface area (Å²) in [6.07, 6.45) is 0.740. The van der Waals surface area contributed by atoms with Crippen molar-refractivity contribution >= 4 is 11.7 Å². The Labute approximate surface area is 82.9 Å². The van der Waals surface area contributed by atoms with E-state index in [1.165, 1.54) is 0 Å². The van der Waals surface area contributed by atoms with Crippen LogP contribution in [0.2, 0.25) is 0 Å². The van der Waals surface area contributed by atoms with E-state index >= 15 is 0 Å². The molecule has 1 heterocycles. The quantitative estimate of drug-likeness (QED) is 0.525. The second-order valence-corrected chi connectivity index (χ2v) is 3.40. The fourth-order valence-corrected chi connectivity index (χ4v) is 1.48. The second kappa shape index (κ2) is 5.72. The Morgan fingerprint density at radius 3 is 3.07 bits per heavy atom. The fourth-order valence-electron chi connectivity index (χ4n) is 1.48. The smallest absolute Gasteiger partial charge is 0.220 e. The molecule has 0 bridgehead atoms. The van der Waals surface area contributed by atoms with Gasteiger partial charge in [-0.1, -0.05) is 0 Å². The lowest BCUT2D eigenvalue weighted by Gasteiger charge is -2.20. The summed E-state index contributed by atoms with van der Waals surface area (Å²) in [5.41, 5.74) is 0. The first-order chi connectivity index (χ1) is 6.74. The van der Waals surface area contributed by atoms with E-state index in [1.54, 1.807) is 0 Å². The highest BCUT2D eigenvalue weighted by Crippen LogP contribution is 2.09.